The van der Waals surface area contributed by atoms with Crippen molar-refractivity contribution in [2.75, 3.05) is 18.5 Å². The fourth-order valence-electron chi connectivity index (χ4n) is 1.33. The number of aliphatic hydroxyl groups excluding tert-OH is 1. The van der Waals surface area contributed by atoms with E-state index >= 15 is 0 Å². The summed E-state index contributed by atoms with van der Waals surface area (Å²) in [6.07, 6.45) is 0. The monoisotopic (exact) mass is 228 g/mol. The van der Waals surface area contributed by atoms with Gasteiger partial charge in [-0.15, -0.1) is 0 Å². The molecule has 86 valence electrons. The van der Waals surface area contributed by atoms with Crippen LogP contribution in [0.5, 0.6) is 0 Å². The first-order chi connectivity index (χ1) is 6.90. The number of hydrogen-bond donors (Lipinski definition) is 1. The first-order valence-corrected chi connectivity index (χ1v) is 6.04. The Morgan fingerprint density at radius 3 is 2.33 bits per heavy atom. The molecular weight excluding hydrogens is 208 g/mol. The predicted octanol–water partition coefficient (Wildman–Crippen LogP) is 2.39. The van der Waals surface area contributed by atoms with Crippen molar-refractivity contribution in [1.82, 2.24) is 4.98 Å². The molecule has 0 saturated heterocycles. The number of hydrogen-bond acceptors (Lipinski definition) is 4. The van der Waals surface area contributed by atoms with Crippen molar-refractivity contribution in [3.8, 4) is 0 Å². The van der Waals surface area contributed by atoms with Crippen LogP contribution in [0.3, 0.4) is 0 Å². The van der Waals surface area contributed by atoms with E-state index < -0.39 is 0 Å². The zero-order valence-electron chi connectivity index (χ0n) is 10.2. The molecule has 0 aliphatic carbocycles. The van der Waals surface area contributed by atoms with Crippen LogP contribution >= 0.6 is 11.3 Å². The Bertz CT molecular complexity index is 328. The first-order valence-electron chi connectivity index (χ1n) is 5.22. The molecule has 0 fully saturated rings. The second-order valence-corrected chi connectivity index (χ2v) is 5.75. The van der Waals surface area contributed by atoms with Gasteiger partial charge < -0.3 is 10.0 Å². The molecule has 0 atom stereocenters. The summed E-state index contributed by atoms with van der Waals surface area (Å²) in [5.74, 6) is 0. The minimum atomic E-state index is 0.00138. The van der Waals surface area contributed by atoms with Crippen LogP contribution in [0.2, 0.25) is 0 Å². The molecule has 0 aromatic carbocycles. The highest BCUT2D eigenvalue weighted by atomic mass is 32.1. The van der Waals surface area contributed by atoms with E-state index in [1.165, 1.54) is 0 Å². The average molecular weight is 228 g/mol. The Morgan fingerprint density at radius 2 is 2.00 bits per heavy atom. The Labute approximate surface area is 95.8 Å². The van der Waals surface area contributed by atoms with Crippen molar-refractivity contribution in [1.29, 1.82) is 0 Å². The van der Waals surface area contributed by atoms with Gasteiger partial charge in [0.25, 0.3) is 0 Å². The number of thiazole rings is 1. The Balaban J connectivity index is 3.11. The van der Waals surface area contributed by atoms with E-state index in [9.17, 15) is 5.11 Å². The minimum absolute atomic E-state index is 0.00138. The van der Waals surface area contributed by atoms with Gasteiger partial charge in [0.2, 0.25) is 0 Å². The second-order valence-electron chi connectivity index (χ2n) is 4.69. The molecule has 0 unspecified atom stereocenters. The van der Waals surface area contributed by atoms with E-state index in [1.54, 1.807) is 11.3 Å². The third kappa shape index (κ3) is 2.69. The maximum atomic E-state index is 9.30. The number of rotatable bonds is 3. The number of nitrogens with zero attached hydrogens (tertiary/aromatic N) is 2. The van der Waals surface area contributed by atoms with Crippen molar-refractivity contribution in [3.63, 3.8) is 0 Å². The Morgan fingerprint density at radius 1 is 1.40 bits per heavy atom. The van der Waals surface area contributed by atoms with Crippen molar-refractivity contribution < 1.29 is 5.11 Å². The zero-order valence-corrected chi connectivity index (χ0v) is 11.0. The number of aromatic nitrogens is 1. The van der Waals surface area contributed by atoms with Gasteiger partial charge in [-0.05, 0) is 6.92 Å². The highest BCUT2D eigenvalue weighted by molar-refractivity contribution is 7.15. The predicted molar refractivity (Wildman–Crippen MR) is 65.7 cm³/mol. The van der Waals surface area contributed by atoms with Crippen molar-refractivity contribution in [2.24, 2.45) is 0 Å². The Hall–Kier alpha value is -0.610. The van der Waals surface area contributed by atoms with Crippen molar-refractivity contribution in [2.45, 2.75) is 39.7 Å². The summed E-state index contributed by atoms with van der Waals surface area (Å²) in [6, 6.07) is 0. The van der Waals surface area contributed by atoms with E-state index in [-0.39, 0.29) is 12.0 Å². The summed E-state index contributed by atoms with van der Waals surface area (Å²) in [4.78, 5) is 7.69. The summed E-state index contributed by atoms with van der Waals surface area (Å²) in [6.45, 7) is 9.48. The molecule has 0 radical (unpaired) electrons. The van der Waals surface area contributed by atoms with E-state index in [0.29, 0.717) is 0 Å². The van der Waals surface area contributed by atoms with Gasteiger partial charge >= 0.3 is 0 Å². The SMILES string of the molecule is CCN(C)c1nc(C(C)(C)C)c(CO)s1. The maximum absolute atomic E-state index is 9.30. The highest BCUT2D eigenvalue weighted by Gasteiger charge is 2.23. The smallest absolute Gasteiger partial charge is 0.185 e. The van der Waals surface area contributed by atoms with Crippen LogP contribution < -0.4 is 4.90 Å². The van der Waals surface area contributed by atoms with Gasteiger partial charge in [0.1, 0.15) is 0 Å². The lowest BCUT2D eigenvalue weighted by atomic mass is 9.91. The van der Waals surface area contributed by atoms with Gasteiger partial charge in [0.05, 0.1) is 17.2 Å². The van der Waals surface area contributed by atoms with Crippen molar-refractivity contribution in [3.05, 3.63) is 10.6 Å². The number of aliphatic hydroxyl groups is 1. The average Bonchev–Trinajstić information content (AvgIpc) is 2.59. The normalized spacial score (nSPS) is 11.9. The Kier molecular flexibility index (Phi) is 3.73. The largest absolute Gasteiger partial charge is 0.391 e. The van der Waals surface area contributed by atoms with E-state index in [2.05, 4.69) is 37.6 Å². The van der Waals surface area contributed by atoms with Crippen LogP contribution in [-0.4, -0.2) is 23.7 Å². The van der Waals surface area contributed by atoms with Crippen LogP contribution in [0.25, 0.3) is 0 Å². The van der Waals surface area contributed by atoms with Crippen LogP contribution in [-0.2, 0) is 12.0 Å². The molecule has 1 aromatic rings. The molecule has 1 N–H and O–H groups in total. The molecule has 1 heterocycles. The van der Waals surface area contributed by atoms with Gasteiger partial charge in [-0.25, -0.2) is 4.98 Å². The first kappa shape index (κ1) is 12.5. The van der Waals surface area contributed by atoms with Crippen LogP contribution in [0.1, 0.15) is 38.3 Å². The molecule has 0 bridgehead atoms. The third-order valence-electron chi connectivity index (χ3n) is 2.34. The molecule has 0 amide bonds. The zero-order chi connectivity index (χ0) is 11.6. The lowest BCUT2D eigenvalue weighted by molar-refractivity contribution is 0.282. The van der Waals surface area contributed by atoms with Gasteiger partial charge in [-0.2, -0.15) is 0 Å². The summed E-state index contributed by atoms with van der Waals surface area (Å²) in [7, 11) is 2.02. The fourth-order valence-corrected chi connectivity index (χ4v) is 2.49. The van der Waals surface area contributed by atoms with Gasteiger partial charge in [-0.1, -0.05) is 32.1 Å². The fraction of sp³-hybridized carbons (Fsp3) is 0.727. The van der Waals surface area contributed by atoms with Crippen LogP contribution in [0.4, 0.5) is 5.13 Å². The number of anilines is 1. The lowest BCUT2D eigenvalue weighted by Crippen LogP contribution is -2.17. The molecule has 4 heteroatoms. The van der Waals surface area contributed by atoms with Crippen LogP contribution in [0, 0.1) is 0 Å². The van der Waals surface area contributed by atoms with Gasteiger partial charge in [-0.3, -0.25) is 0 Å². The highest BCUT2D eigenvalue weighted by Crippen LogP contribution is 2.33. The summed E-state index contributed by atoms with van der Waals surface area (Å²) < 4.78 is 0. The molecule has 1 aromatic heterocycles. The van der Waals surface area contributed by atoms with Crippen molar-refractivity contribution >= 4 is 16.5 Å². The van der Waals surface area contributed by atoms with E-state index in [4.69, 9.17) is 0 Å². The summed E-state index contributed by atoms with van der Waals surface area (Å²) >= 11 is 1.58. The van der Waals surface area contributed by atoms with E-state index in [1.807, 2.05) is 7.05 Å². The topological polar surface area (TPSA) is 36.4 Å². The standard InChI is InChI=1S/C11H20N2OS/c1-6-13(5)10-12-9(11(2,3)4)8(7-14)15-10/h14H,6-7H2,1-5H3. The third-order valence-corrected chi connectivity index (χ3v) is 3.50. The molecule has 15 heavy (non-hydrogen) atoms. The quantitative estimate of drug-likeness (QED) is 0.863. The summed E-state index contributed by atoms with van der Waals surface area (Å²) in [5, 5.41) is 10.3. The lowest BCUT2D eigenvalue weighted by Gasteiger charge is -2.17. The van der Waals surface area contributed by atoms with Gasteiger partial charge in [0, 0.05) is 19.0 Å². The van der Waals surface area contributed by atoms with Crippen LogP contribution in [0.15, 0.2) is 0 Å². The molecule has 0 aliphatic heterocycles. The second kappa shape index (κ2) is 4.49. The maximum Gasteiger partial charge on any atom is 0.185 e. The molecule has 3 nitrogen and oxygen atoms in total. The molecular formula is C11H20N2OS. The molecule has 0 spiro atoms. The summed E-state index contributed by atoms with van der Waals surface area (Å²) in [5.41, 5.74) is 1.02. The molecule has 0 aliphatic rings. The molecule has 1 rings (SSSR count). The molecule has 0 saturated carbocycles. The van der Waals surface area contributed by atoms with Gasteiger partial charge in [0.15, 0.2) is 5.13 Å². The minimum Gasteiger partial charge on any atom is -0.391 e. The van der Waals surface area contributed by atoms with E-state index in [0.717, 1.165) is 22.2 Å².